The molecule has 0 amide bonds. The summed E-state index contributed by atoms with van der Waals surface area (Å²) < 4.78 is 1.02. The molecule has 0 aliphatic rings. The van der Waals surface area contributed by atoms with Crippen LogP contribution < -0.4 is 0 Å². The molecule has 0 aliphatic heterocycles. The average Bonchev–Trinajstić information content (AvgIpc) is 2.85. The summed E-state index contributed by atoms with van der Waals surface area (Å²) in [5.74, 6) is 0. The van der Waals surface area contributed by atoms with E-state index < -0.39 is 6.10 Å². The van der Waals surface area contributed by atoms with Gasteiger partial charge in [0.15, 0.2) is 0 Å². The van der Waals surface area contributed by atoms with E-state index >= 15 is 0 Å². The highest BCUT2D eigenvalue weighted by molar-refractivity contribution is 9.10. The number of thiophene rings is 1. The van der Waals surface area contributed by atoms with Gasteiger partial charge in [-0.2, -0.15) is 0 Å². The van der Waals surface area contributed by atoms with E-state index in [-0.39, 0.29) is 0 Å². The van der Waals surface area contributed by atoms with Crippen molar-refractivity contribution in [1.29, 1.82) is 0 Å². The summed E-state index contributed by atoms with van der Waals surface area (Å²) in [6, 6.07) is 13.7. The standard InChI is InChI=1S/C15H10BrClOS/c16-12-6-5-11(9-3-1-2-4-10(9)12)14(18)15-13(17)7-8-19-15/h1-8,14,18H. The van der Waals surface area contributed by atoms with Crippen LogP contribution in [0.1, 0.15) is 16.5 Å². The van der Waals surface area contributed by atoms with Crippen molar-refractivity contribution in [3.8, 4) is 0 Å². The summed E-state index contributed by atoms with van der Waals surface area (Å²) in [6.07, 6.45) is -0.689. The second kappa shape index (κ2) is 5.25. The van der Waals surface area contributed by atoms with Gasteiger partial charge < -0.3 is 5.11 Å². The van der Waals surface area contributed by atoms with Crippen molar-refractivity contribution in [3.05, 3.63) is 67.8 Å². The van der Waals surface area contributed by atoms with Crippen LogP contribution in [0.3, 0.4) is 0 Å². The summed E-state index contributed by atoms with van der Waals surface area (Å²) in [5, 5.41) is 15.2. The summed E-state index contributed by atoms with van der Waals surface area (Å²) >= 11 is 11.1. The molecule has 0 bridgehead atoms. The van der Waals surface area contributed by atoms with Gasteiger partial charge in [0, 0.05) is 4.47 Å². The van der Waals surface area contributed by atoms with Crippen LogP contribution in [0.5, 0.6) is 0 Å². The maximum Gasteiger partial charge on any atom is 0.115 e. The number of aliphatic hydroxyl groups is 1. The Morgan fingerprint density at radius 1 is 1.05 bits per heavy atom. The SMILES string of the molecule is OC(c1sccc1Cl)c1ccc(Br)c2ccccc12. The zero-order valence-electron chi connectivity index (χ0n) is 9.81. The topological polar surface area (TPSA) is 20.2 Å². The van der Waals surface area contributed by atoms with Crippen LogP contribution in [0, 0.1) is 0 Å². The number of hydrogen-bond donors (Lipinski definition) is 1. The van der Waals surface area contributed by atoms with E-state index in [4.69, 9.17) is 11.6 Å². The monoisotopic (exact) mass is 352 g/mol. The van der Waals surface area contributed by atoms with Gasteiger partial charge in [0.05, 0.1) is 9.90 Å². The van der Waals surface area contributed by atoms with Gasteiger partial charge >= 0.3 is 0 Å². The van der Waals surface area contributed by atoms with Gasteiger partial charge in [-0.25, -0.2) is 0 Å². The maximum atomic E-state index is 10.6. The Hall–Kier alpha value is -0.870. The first-order valence-corrected chi connectivity index (χ1v) is 7.81. The maximum absolute atomic E-state index is 10.6. The molecular formula is C15H10BrClOS. The summed E-state index contributed by atoms with van der Waals surface area (Å²) in [4.78, 5) is 0.786. The van der Waals surface area contributed by atoms with Crippen molar-refractivity contribution in [1.82, 2.24) is 0 Å². The molecule has 0 saturated heterocycles. The minimum Gasteiger partial charge on any atom is -0.383 e. The lowest BCUT2D eigenvalue weighted by Gasteiger charge is -2.14. The fourth-order valence-corrected chi connectivity index (χ4v) is 3.81. The third kappa shape index (κ3) is 2.32. The van der Waals surface area contributed by atoms with Crippen LogP contribution in [0.15, 0.2) is 52.3 Å². The predicted octanol–water partition coefficient (Wildman–Crippen LogP) is 5.40. The zero-order valence-corrected chi connectivity index (χ0v) is 13.0. The van der Waals surface area contributed by atoms with Gasteiger partial charge in [-0.3, -0.25) is 0 Å². The van der Waals surface area contributed by atoms with Crippen LogP contribution in [-0.2, 0) is 0 Å². The Bertz CT molecular complexity index is 738. The number of aliphatic hydroxyl groups excluding tert-OH is 1. The number of hydrogen-bond acceptors (Lipinski definition) is 2. The van der Waals surface area contributed by atoms with Gasteiger partial charge in [-0.05, 0) is 33.8 Å². The molecule has 0 radical (unpaired) electrons. The molecule has 19 heavy (non-hydrogen) atoms. The van der Waals surface area contributed by atoms with Gasteiger partial charge in [0.1, 0.15) is 6.10 Å². The van der Waals surface area contributed by atoms with Crippen molar-refractivity contribution in [2.75, 3.05) is 0 Å². The van der Waals surface area contributed by atoms with Crippen molar-refractivity contribution >= 4 is 49.6 Å². The van der Waals surface area contributed by atoms with E-state index in [9.17, 15) is 5.11 Å². The minimum absolute atomic E-state index is 0.615. The molecule has 0 aliphatic carbocycles. The lowest BCUT2D eigenvalue weighted by atomic mass is 9.99. The summed E-state index contributed by atoms with van der Waals surface area (Å²) in [6.45, 7) is 0. The number of rotatable bonds is 2. The van der Waals surface area contributed by atoms with Gasteiger partial charge in [-0.15, -0.1) is 11.3 Å². The highest BCUT2D eigenvalue weighted by Crippen LogP contribution is 2.37. The minimum atomic E-state index is -0.689. The average molecular weight is 354 g/mol. The molecule has 3 rings (SSSR count). The molecule has 1 nitrogen and oxygen atoms in total. The second-order valence-electron chi connectivity index (χ2n) is 4.22. The molecular weight excluding hydrogens is 344 g/mol. The molecule has 1 atom stereocenters. The second-order valence-corrected chi connectivity index (χ2v) is 6.43. The molecule has 1 unspecified atom stereocenters. The molecule has 1 heterocycles. The van der Waals surface area contributed by atoms with Crippen LogP contribution in [-0.4, -0.2) is 5.11 Å². The Morgan fingerprint density at radius 2 is 1.79 bits per heavy atom. The lowest BCUT2D eigenvalue weighted by molar-refractivity contribution is 0.226. The van der Waals surface area contributed by atoms with E-state index in [1.165, 1.54) is 11.3 Å². The van der Waals surface area contributed by atoms with E-state index in [2.05, 4.69) is 15.9 Å². The number of fused-ring (bicyclic) bond motifs is 1. The highest BCUT2D eigenvalue weighted by atomic mass is 79.9. The molecule has 96 valence electrons. The third-order valence-electron chi connectivity index (χ3n) is 3.09. The van der Waals surface area contributed by atoms with Gasteiger partial charge in [0.25, 0.3) is 0 Å². The van der Waals surface area contributed by atoms with Crippen LogP contribution in [0.4, 0.5) is 0 Å². The van der Waals surface area contributed by atoms with Crippen molar-refractivity contribution in [2.24, 2.45) is 0 Å². The third-order valence-corrected chi connectivity index (χ3v) is 5.19. The van der Waals surface area contributed by atoms with Crippen molar-refractivity contribution in [2.45, 2.75) is 6.10 Å². The lowest BCUT2D eigenvalue weighted by Crippen LogP contribution is -1.99. The molecule has 1 aromatic heterocycles. The normalized spacial score (nSPS) is 12.8. The Balaban J connectivity index is 2.21. The first kappa shape index (κ1) is 13.1. The van der Waals surface area contributed by atoms with Crippen molar-refractivity contribution < 1.29 is 5.11 Å². The van der Waals surface area contributed by atoms with E-state index in [1.54, 1.807) is 0 Å². The molecule has 1 N–H and O–H groups in total. The largest absolute Gasteiger partial charge is 0.383 e. The fourth-order valence-electron chi connectivity index (χ4n) is 2.17. The Kier molecular flexibility index (Phi) is 3.63. The van der Waals surface area contributed by atoms with E-state index in [1.807, 2.05) is 47.8 Å². The van der Waals surface area contributed by atoms with Crippen LogP contribution >= 0.6 is 38.9 Å². The summed E-state index contributed by atoms with van der Waals surface area (Å²) in [5.41, 5.74) is 0.878. The molecule has 4 heteroatoms. The zero-order chi connectivity index (χ0) is 13.4. The fraction of sp³-hybridized carbons (Fsp3) is 0.0667. The first-order chi connectivity index (χ1) is 9.18. The molecule has 2 aromatic carbocycles. The molecule has 0 fully saturated rings. The Morgan fingerprint density at radius 3 is 2.47 bits per heavy atom. The Labute approximate surface area is 128 Å². The predicted molar refractivity (Wildman–Crippen MR) is 85.0 cm³/mol. The van der Waals surface area contributed by atoms with E-state index in [0.29, 0.717) is 5.02 Å². The first-order valence-electron chi connectivity index (χ1n) is 5.76. The van der Waals surface area contributed by atoms with Crippen LogP contribution in [0.2, 0.25) is 5.02 Å². The quantitative estimate of drug-likeness (QED) is 0.654. The smallest absolute Gasteiger partial charge is 0.115 e. The molecule has 0 spiro atoms. The molecule has 0 saturated carbocycles. The number of benzene rings is 2. The highest BCUT2D eigenvalue weighted by Gasteiger charge is 2.18. The summed E-state index contributed by atoms with van der Waals surface area (Å²) in [7, 11) is 0. The van der Waals surface area contributed by atoms with Gasteiger partial charge in [0.2, 0.25) is 0 Å². The van der Waals surface area contributed by atoms with Crippen molar-refractivity contribution in [3.63, 3.8) is 0 Å². The number of halogens is 2. The van der Waals surface area contributed by atoms with E-state index in [0.717, 1.165) is 25.7 Å². The van der Waals surface area contributed by atoms with Crippen LogP contribution in [0.25, 0.3) is 10.8 Å². The molecule has 3 aromatic rings. The van der Waals surface area contributed by atoms with Gasteiger partial charge in [-0.1, -0.05) is 57.9 Å².